The first-order valence-corrected chi connectivity index (χ1v) is 9.31. The summed E-state index contributed by atoms with van der Waals surface area (Å²) in [6.45, 7) is 4.17. The average molecular weight is 390 g/mol. The molecule has 0 aliphatic rings. The van der Waals surface area contributed by atoms with E-state index in [0.29, 0.717) is 21.6 Å². The van der Waals surface area contributed by atoms with Crippen LogP contribution < -0.4 is 10.1 Å². The monoisotopic (exact) mass is 389 g/mol. The van der Waals surface area contributed by atoms with Crippen LogP contribution in [0.15, 0.2) is 29.6 Å². The summed E-state index contributed by atoms with van der Waals surface area (Å²) in [5, 5.41) is 12.3. The number of benzene rings is 1. The largest absolute Gasteiger partial charge is 0.497 e. The molecule has 0 spiro atoms. The lowest BCUT2D eigenvalue weighted by Gasteiger charge is -2.07. The second-order valence-electron chi connectivity index (χ2n) is 5.95. The molecule has 0 aliphatic heterocycles. The molecule has 0 unspecified atom stereocenters. The summed E-state index contributed by atoms with van der Waals surface area (Å²) < 4.78 is 7.20. The molecule has 0 saturated carbocycles. The highest BCUT2D eigenvalue weighted by Gasteiger charge is 2.14. The number of aromatic amines is 1. The standard InChI is InChI=1S/C17H19N5O2S2/c1-10(2)13-9-26-16(18-13)19-14(23)8-22-15(20-21-17(22)25)11-4-6-12(24-3)7-5-11/h4-7,9-10H,8H2,1-3H3,(H,21,25)(H,18,19,23). The van der Waals surface area contributed by atoms with E-state index in [2.05, 4.69) is 34.3 Å². The maximum atomic E-state index is 12.4. The van der Waals surface area contributed by atoms with Gasteiger partial charge in [0.25, 0.3) is 0 Å². The van der Waals surface area contributed by atoms with Crippen LogP contribution in [-0.4, -0.2) is 32.8 Å². The Kier molecular flexibility index (Phi) is 5.48. The van der Waals surface area contributed by atoms with Gasteiger partial charge in [-0.3, -0.25) is 14.5 Å². The van der Waals surface area contributed by atoms with Crippen LogP contribution in [0.4, 0.5) is 5.13 Å². The predicted molar refractivity (Wildman–Crippen MR) is 104 cm³/mol. The fourth-order valence-corrected chi connectivity index (χ4v) is 3.42. The first kappa shape index (κ1) is 18.3. The number of hydrogen-bond acceptors (Lipinski definition) is 6. The van der Waals surface area contributed by atoms with E-state index in [9.17, 15) is 4.79 Å². The Balaban J connectivity index is 1.77. The smallest absolute Gasteiger partial charge is 0.246 e. The highest BCUT2D eigenvalue weighted by Crippen LogP contribution is 2.23. The summed E-state index contributed by atoms with van der Waals surface area (Å²) in [4.78, 5) is 16.8. The molecule has 0 atom stereocenters. The van der Waals surface area contributed by atoms with Gasteiger partial charge in [-0.1, -0.05) is 13.8 Å². The molecule has 0 saturated heterocycles. The van der Waals surface area contributed by atoms with E-state index in [-0.39, 0.29) is 12.5 Å². The summed E-state index contributed by atoms with van der Waals surface area (Å²) in [6, 6.07) is 7.41. The summed E-state index contributed by atoms with van der Waals surface area (Å²) in [7, 11) is 1.61. The number of ether oxygens (including phenoxy) is 1. The maximum absolute atomic E-state index is 12.4. The molecule has 0 aliphatic carbocycles. The molecule has 1 aromatic carbocycles. The lowest BCUT2D eigenvalue weighted by molar-refractivity contribution is -0.116. The van der Waals surface area contributed by atoms with Crippen molar-refractivity contribution in [2.75, 3.05) is 12.4 Å². The van der Waals surface area contributed by atoms with Gasteiger partial charge < -0.3 is 10.1 Å². The van der Waals surface area contributed by atoms with Crippen LogP contribution in [0.5, 0.6) is 5.75 Å². The van der Waals surface area contributed by atoms with Gasteiger partial charge in [-0.15, -0.1) is 11.3 Å². The Labute approximate surface area is 160 Å². The Morgan fingerprint density at radius 1 is 1.38 bits per heavy atom. The van der Waals surface area contributed by atoms with Gasteiger partial charge in [0.15, 0.2) is 15.7 Å². The SMILES string of the molecule is COc1ccc(-c2n[nH]c(=S)n2CC(=O)Nc2nc(C(C)C)cs2)cc1. The first-order chi connectivity index (χ1) is 12.5. The Hall–Kier alpha value is -2.52. The molecule has 2 aromatic heterocycles. The van der Waals surface area contributed by atoms with Gasteiger partial charge in [-0.05, 0) is 42.4 Å². The number of methoxy groups -OCH3 is 1. The van der Waals surface area contributed by atoms with Crippen molar-refractivity contribution in [1.29, 1.82) is 0 Å². The molecule has 26 heavy (non-hydrogen) atoms. The van der Waals surface area contributed by atoms with E-state index in [1.54, 1.807) is 11.7 Å². The highest BCUT2D eigenvalue weighted by atomic mass is 32.1. The third-order valence-corrected chi connectivity index (χ3v) is 4.86. The van der Waals surface area contributed by atoms with Crippen LogP contribution in [0, 0.1) is 4.77 Å². The van der Waals surface area contributed by atoms with Crippen molar-refractivity contribution in [2.24, 2.45) is 0 Å². The van der Waals surface area contributed by atoms with Crippen LogP contribution >= 0.6 is 23.6 Å². The first-order valence-electron chi connectivity index (χ1n) is 8.03. The zero-order chi connectivity index (χ0) is 18.7. The number of hydrogen-bond donors (Lipinski definition) is 2. The molecule has 0 radical (unpaired) electrons. The summed E-state index contributed by atoms with van der Waals surface area (Å²) >= 11 is 6.68. The molecule has 7 nitrogen and oxygen atoms in total. The van der Waals surface area contributed by atoms with Crippen LogP contribution in [0.2, 0.25) is 0 Å². The van der Waals surface area contributed by atoms with Crippen molar-refractivity contribution in [3.05, 3.63) is 40.1 Å². The number of aromatic nitrogens is 4. The van der Waals surface area contributed by atoms with Crippen molar-refractivity contribution in [2.45, 2.75) is 26.3 Å². The van der Waals surface area contributed by atoms with E-state index in [1.807, 2.05) is 29.6 Å². The number of H-pyrrole nitrogens is 1. The molecule has 136 valence electrons. The van der Waals surface area contributed by atoms with Crippen LogP contribution in [0.3, 0.4) is 0 Å². The fraction of sp³-hybridized carbons (Fsp3) is 0.294. The molecule has 3 aromatic rings. The molecule has 0 fully saturated rings. The minimum atomic E-state index is -0.207. The van der Waals surface area contributed by atoms with E-state index in [0.717, 1.165) is 17.0 Å². The van der Waals surface area contributed by atoms with Gasteiger partial charge in [-0.2, -0.15) is 5.10 Å². The zero-order valence-corrected chi connectivity index (χ0v) is 16.3. The lowest BCUT2D eigenvalue weighted by atomic mass is 10.2. The molecule has 1 amide bonds. The van der Waals surface area contributed by atoms with E-state index in [4.69, 9.17) is 17.0 Å². The summed E-state index contributed by atoms with van der Waals surface area (Å²) in [5.74, 6) is 1.45. The topological polar surface area (TPSA) is 84.8 Å². The number of anilines is 1. The summed E-state index contributed by atoms with van der Waals surface area (Å²) in [6.07, 6.45) is 0. The number of nitrogens with zero attached hydrogens (tertiary/aromatic N) is 3. The van der Waals surface area contributed by atoms with E-state index >= 15 is 0 Å². The number of nitrogens with one attached hydrogen (secondary N) is 2. The van der Waals surface area contributed by atoms with Gasteiger partial charge in [-0.25, -0.2) is 4.98 Å². The predicted octanol–water partition coefficient (Wildman–Crippen LogP) is 3.83. The van der Waals surface area contributed by atoms with Gasteiger partial charge >= 0.3 is 0 Å². The summed E-state index contributed by atoms with van der Waals surface area (Å²) in [5.41, 5.74) is 1.80. The number of carbonyl (C=O) groups excluding carboxylic acids is 1. The van der Waals surface area contributed by atoms with Crippen molar-refractivity contribution < 1.29 is 9.53 Å². The Bertz CT molecular complexity index is 956. The Morgan fingerprint density at radius 3 is 2.73 bits per heavy atom. The minimum absolute atomic E-state index is 0.0489. The third kappa shape index (κ3) is 4.00. The second-order valence-corrected chi connectivity index (χ2v) is 7.19. The van der Waals surface area contributed by atoms with Crippen LogP contribution in [0.1, 0.15) is 25.5 Å². The van der Waals surface area contributed by atoms with Crippen LogP contribution in [-0.2, 0) is 11.3 Å². The van der Waals surface area contributed by atoms with E-state index < -0.39 is 0 Å². The van der Waals surface area contributed by atoms with E-state index in [1.165, 1.54) is 11.3 Å². The van der Waals surface area contributed by atoms with Crippen molar-refractivity contribution in [1.82, 2.24) is 19.7 Å². The van der Waals surface area contributed by atoms with Gasteiger partial charge in [0.2, 0.25) is 5.91 Å². The van der Waals surface area contributed by atoms with Crippen molar-refractivity contribution in [3.63, 3.8) is 0 Å². The highest BCUT2D eigenvalue weighted by molar-refractivity contribution is 7.71. The fourth-order valence-electron chi connectivity index (χ4n) is 2.34. The van der Waals surface area contributed by atoms with Crippen molar-refractivity contribution in [3.8, 4) is 17.1 Å². The molecule has 2 N–H and O–H groups in total. The molecule has 3 rings (SSSR count). The minimum Gasteiger partial charge on any atom is -0.497 e. The molecule has 2 heterocycles. The van der Waals surface area contributed by atoms with Crippen LogP contribution in [0.25, 0.3) is 11.4 Å². The normalized spacial score (nSPS) is 10.9. The molecule has 9 heteroatoms. The van der Waals surface area contributed by atoms with Gasteiger partial charge in [0.1, 0.15) is 12.3 Å². The second kappa shape index (κ2) is 7.79. The lowest BCUT2D eigenvalue weighted by Crippen LogP contribution is -2.19. The maximum Gasteiger partial charge on any atom is 0.246 e. The van der Waals surface area contributed by atoms with Gasteiger partial charge in [0.05, 0.1) is 12.8 Å². The number of thiazole rings is 1. The Morgan fingerprint density at radius 2 is 2.12 bits per heavy atom. The number of amides is 1. The zero-order valence-electron chi connectivity index (χ0n) is 14.6. The number of rotatable bonds is 6. The molecule has 0 bridgehead atoms. The quantitative estimate of drug-likeness (QED) is 0.626. The average Bonchev–Trinajstić information content (AvgIpc) is 3.23. The molecular weight excluding hydrogens is 370 g/mol. The van der Waals surface area contributed by atoms with Crippen molar-refractivity contribution >= 4 is 34.6 Å². The van der Waals surface area contributed by atoms with Gasteiger partial charge in [0, 0.05) is 10.9 Å². The molecular formula is C17H19N5O2S2. The third-order valence-electron chi connectivity index (χ3n) is 3.77. The number of carbonyl (C=O) groups is 1.